The first-order valence-corrected chi connectivity index (χ1v) is 4.49. The van der Waals surface area contributed by atoms with Gasteiger partial charge in [0.15, 0.2) is 0 Å². The fraction of sp³-hybridized carbons (Fsp3) is 0.500. The van der Waals surface area contributed by atoms with Crippen molar-refractivity contribution in [2.75, 3.05) is 6.54 Å². The van der Waals surface area contributed by atoms with Crippen molar-refractivity contribution in [2.45, 2.75) is 19.4 Å². The molecule has 1 N–H and O–H groups in total. The van der Waals surface area contributed by atoms with Crippen LogP contribution in [0.2, 0.25) is 0 Å². The Bertz CT molecular complexity index is 245. The third-order valence-electron chi connectivity index (χ3n) is 2.46. The van der Waals surface area contributed by atoms with Crippen molar-refractivity contribution in [1.29, 1.82) is 0 Å². The number of rotatable bonds is 1. The van der Waals surface area contributed by atoms with Crippen LogP contribution in [0.1, 0.15) is 24.9 Å². The van der Waals surface area contributed by atoms with Gasteiger partial charge in [0.2, 0.25) is 0 Å². The molecule has 2 atom stereocenters. The molecule has 0 radical (unpaired) electrons. The molecule has 0 amide bonds. The van der Waals surface area contributed by atoms with Gasteiger partial charge in [0.1, 0.15) is 0 Å². The fourth-order valence-corrected chi connectivity index (χ4v) is 1.76. The highest BCUT2D eigenvalue weighted by Gasteiger charge is 2.21. The number of nitrogens with one attached hydrogen (secondary N) is 1. The molecule has 0 aliphatic carbocycles. The molecule has 2 heterocycles. The van der Waals surface area contributed by atoms with E-state index in [1.165, 1.54) is 12.0 Å². The molecular formula is C10H14N2. The van der Waals surface area contributed by atoms with Gasteiger partial charge in [-0.25, -0.2) is 0 Å². The van der Waals surface area contributed by atoms with Crippen LogP contribution in [0.5, 0.6) is 0 Å². The third kappa shape index (κ3) is 1.48. The lowest BCUT2D eigenvalue weighted by Gasteiger charge is -2.09. The Kier molecular flexibility index (Phi) is 2.09. The molecule has 12 heavy (non-hydrogen) atoms. The summed E-state index contributed by atoms with van der Waals surface area (Å²) < 4.78 is 0. The van der Waals surface area contributed by atoms with E-state index in [0.717, 1.165) is 12.5 Å². The normalized spacial score (nSPS) is 29.1. The SMILES string of the molecule is C[C@@H]1CN[C@@H](c2ccncc2)C1. The average Bonchev–Trinajstić information content (AvgIpc) is 2.54. The maximum atomic E-state index is 4.01. The molecule has 0 spiro atoms. The van der Waals surface area contributed by atoms with E-state index in [1.54, 1.807) is 0 Å². The summed E-state index contributed by atoms with van der Waals surface area (Å²) in [6.45, 7) is 3.43. The zero-order chi connectivity index (χ0) is 8.39. The summed E-state index contributed by atoms with van der Waals surface area (Å²) in [5, 5.41) is 3.49. The van der Waals surface area contributed by atoms with Gasteiger partial charge in [0.25, 0.3) is 0 Å². The molecule has 2 heteroatoms. The van der Waals surface area contributed by atoms with E-state index in [4.69, 9.17) is 0 Å². The van der Waals surface area contributed by atoms with Crippen molar-refractivity contribution in [1.82, 2.24) is 10.3 Å². The Morgan fingerprint density at radius 2 is 2.17 bits per heavy atom. The van der Waals surface area contributed by atoms with Gasteiger partial charge >= 0.3 is 0 Å². The Morgan fingerprint density at radius 3 is 2.75 bits per heavy atom. The summed E-state index contributed by atoms with van der Waals surface area (Å²) >= 11 is 0. The largest absolute Gasteiger partial charge is 0.310 e. The molecule has 1 aromatic heterocycles. The van der Waals surface area contributed by atoms with Gasteiger partial charge in [-0.2, -0.15) is 0 Å². The summed E-state index contributed by atoms with van der Waals surface area (Å²) in [4.78, 5) is 4.01. The second-order valence-electron chi connectivity index (χ2n) is 3.58. The molecule has 0 saturated carbocycles. The molecule has 0 aromatic carbocycles. The average molecular weight is 162 g/mol. The lowest BCUT2D eigenvalue weighted by atomic mass is 10.0. The molecule has 2 rings (SSSR count). The molecule has 1 aliphatic heterocycles. The highest BCUT2D eigenvalue weighted by molar-refractivity contribution is 5.16. The van der Waals surface area contributed by atoms with Gasteiger partial charge in [-0.05, 0) is 36.6 Å². The van der Waals surface area contributed by atoms with Crippen molar-refractivity contribution < 1.29 is 0 Å². The van der Waals surface area contributed by atoms with Gasteiger partial charge < -0.3 is 5.32 Å². The first-order chi connectivity index (χ1) is 5.86. The lowest BCUT2D eigenvalue weighted by molar-refractivity contribution is 0.611. The minimum absolute atomic E-state index is 0.558. The van der Waals surface area contributed by atoms with Gasteiger partial charge in [0, 0.05) is 18.4 Å². The van der Waals surface area contributed by atoms with Crippen molar-refractivity contribution in [3.05, 3.63) is 30.1 Å². The van der Waals surface area contributed by atoms with Crippen LogP contribution in [-0.2, 0) is 0 Å². The van der Waals surface area contributed by atoms with Crippen LogP contribution in [0.15, 0.2) is 24.5 Å². The summed E-state index contributed by atoms with van der Waals surface area (Å²) in [6, 6.07) is 4.74. The van der Waals surface area contributed by atoms with E-state index in [1.807, 2.05) is 12.4 Å². The Hall–Kier alpha value is -0.890. The number of aromatic nitrogens is 1. The van der Waals surface area contributed by atoms with Crippen LogP contribution >= 0.6 is 0 Å². The number of hydrogen-bond acceptors (Lipinski definition) is 2. The van der Waals surface area contributed by atoms with Crippen molar-refractivity contribution in [2.24, 2.45) is 5.92 Å². The maximum Gasteiger partial charge on any atom is 0.0324 e. The summed E-state index contributed by atoms with van der Waals surface area (Å²) in [5.74, 6) is 0.808. The summed E-state index contributed by atoms with van der Waals surface area (Å²) in [5.41, 5.74) is 1.37. The van der Waals surface area contributed by atoms with Crippen molar-refractivity contribution in [3.63, 3.8) is 0 Å². The van der Waals surface area contributed by atoms with Crippen LogP contribution in [0, 0.1) is 5.92 Å². The smallest absolute Gasteiger partial charge is 0.0324 e. The fourth-order valence-electron chi connectivity index (χ4n) is 1.76. The monoisotopic (exact) mass is 162 g/mol. The highest BCUT2D eigenvalue weighted by atomic mass is 14.9. The predicted molar refractivity (Wildman–Crippen MR) is 48.8 cm³/mol. The van der Waals surface area contributed by atoms with Crippen LogP contribution in [0.3, 0.4) is 0 Å². The highest BCUT2D eigenvalue weighted by Crippen LogP contribution is 2.25. The van der Waals surface area contributed by atoms with E-state index >= 15 is 0 Å². The standard InChI is InChI=1S/C10H14N2/c1-8-6-10(12-7-8)9-2-4-11-5-3-9/h2-5,8,10,12H,6-7H2,1H3/t8-,10+/m0/s1. The molecule has 64 valence electrons. The molecule has 0 bridgehead atoms. The Morgan fingerprint density at radius 1 is 1.42 bits per heavy atom. The first kappa shape index (κ1) is 7.74. The van der Waals surface area contributed by atoms with Crippen LogP contribution < -0.4 is 5.32 Å². The quantitative estimate of drug-likeness (QED) is 0.680. The molecule has 2 nitrogen and oxygen atoms in total. The number of nitrogens with zero attached hydrogens (tertiary/aromatic N) is 1. The number of hydrogen-bond donors (Lipinski definition) is 1. The molecule has 1 aromatic rings. The van der Waals surface area contributed by atoms with Gasteiger partial charge in [0.05, 0.1) is 0 Å². The molecular weight excluding hydrogens is 148 g/mol. The minimum Gasteiger partial charge on any atom is -0.310 e. The topological polar surface area (TPSA) is 24.9 Å². The lowest BCUT2D eigenvalue weighted by Crippen LogP contribution is -2.13. The van der Waals surface area contributed by atoms with E-state index in [-0.39, 0.29) is 0 Å². The second kappa shape index (κ2) is 3.23. The zero-order valence-corrected chi connectivity index (χ0v) is 7.33. The predicted octanol–water partition coefficient (Wildman–Crippen LogP) is 1.75. The molecule has 0 unspecified atom stereocenters. The molecule has 1 fully saturated rings. The first-order valence-electron chi connectivity index (χ1n) is 4.49. The minimum atomic E-state index is 0.558. The Balaban J connectivity index is 2.11. The number of pyridine rings is 1. The van der Waals surface area contributed by atoms with Crippen LogP contribution in [-0.4, -0.2) is 11.5 Å². The summed E-state index contributed by atoms with van der Waals surface area (Å²) in [7, 11) is 0. The van der Waals surface area contributed by atoms with E-state index in [0.29, 0.717) is 6.04 Å². The van der Waals surface area contributed by atoms with Crippen molar-refractivity contribution in [3.8, 4) is 0 Å². The van der Waals surface area contributed by atoms with E-state index < -0.39 is 0 Å². The maximum absolute atomic E-state index is 4.01. The van der Waals surface area contributed by atoms with Gasteiger partial charge in [-0.1, -0.05) is 6.92 Å². The summed E-state index contributed by atoms with van der Waals surface area (Å²) in [6.07, 6.45) is 4.98. The van der Waals surface area contributed by atoms with Gasteiger partial charge in [-0.15, -0.1) is 0 Å². The zero-order valence-electron chi connectivity index (χ0n) is 7.33. The van der Waals surface area contributed by atoms with E-state index in [2.05, 4.69) is 29.4 Å². The van der Waals surface area contributed by atoms with Crippen LogP contribution in [0.4, 0.5) is 0 Å². The van der Waals surface area contributed by atoms with Crippen molar-refractivity contribution >= 4 is 0 Å². The molecule has 1 saturated heterocycles. The molecule has 1 aliphatic rings. The third-order valence-corrected chi connectivity index (χ3v) is 2.46. The van der Waals surface area contributed by atoms with Crippen LogP contribution in [0.25, 0.3) is 0 Å². The van der Waals surface area contributed by atoms with Gasteiger partial charge in [-0.3, -0.25) is 4.98 Å². The van der Waals surface area contributed by atoms with E-state index in [9.17, 15) is 0 Å². The Labute approximate surface area is 73.0 Å². The second-order valence-corrected chi connectivity index (χ2v) is 3.58.